The van der Waals surface area contributed by atoms with Crippen molar-refractivity contribution in [2.45, 2.75) is 20.8 Å². The van der Waals surface area contributed by atoms with E-state index >= 15 is 0 Å². The summed E-state index contributed by atoms with van der Waals surface area (Å²) in [4.78, 5) is 10.3. The lowest BCUT2D eigenvalue weighted by Gasteiger charge is -1.96. The SMILES string of the molecule is C.CCC(=O)OCCBr. The van der Waals surface area contributed by atoms with Crippen molar-refractivity contribution in [1.82, 2.24) is 0 Å². The third kappa shape index (κ3) is 7.95. The van der Waals surface area contributed by atoms with E-state index < -0.39 is 0 Å². The molecule has 0 bridgehead atoms. The van der Waals surface area contributed by atoms with Crippen molar-refractivity contribution >= 4 is 21.9 Å². The summed E-state index contributed by atoms with van der Waals surface area (Å²) in [6, 6.07) is 0. The zero-order chi connectivity index (χ0) is 6.41. The Hall–Kier alpha value is -0.0500. The molecule has 3 heteroatoms. The molecular formula is C6H13BrO2. The number of ether oxygens (including phenoxy) is 1. The van der Waals surface area contributed by atoms with E-state index in [9.17, 15) is 4.79 Å². The Morgan fingerprint density at radius 2 is 2.22 bits per heavy atom. The normalized spacial score (nSPS) is 7.78. The highest BCUT2D eigenvalue weighted by atomic mass is 79.9. The highest BCUT2D eigenvalue weighted by Crippen LogP contribution is 1.85. The number of halogens is 1. The second-order valence-corrected chi connectivity index (χ2v) is 2.06. The lowest BCUT2D eigenvalue weighted by atomic mass is 10.5. The lowest BCUT2D eigenvalue weighted by molar-refractivity contribution is -0.142. The molecule has 0 N–H and O–H groups in total. The minimum absolute atomic E-state index is 0. The van der Waals surface area contributed by atoms with Crippen molar-refractivity contribution in [3.63, 3.8) is 0 Å². The first-order chi connectivity index (χ1) is 3.81. The quantitative estimate of drug-likeness (QED) is 0.510. The van der Waals surface area contributed by atoms with Crippen LogP contribution in [-0.2, 0) is 9.53 Å². The summed E-state index contributed by atoms with van der Waals surface area (Å²) in [7, 11) is 0. The summed E-state index contributed by atoms with van der Waals surface area (Å²) < 4.78 is 4.65. The maximum atomic E-state index is 10.3. The molecule has 56 valence electrons. The fraction of sp³-hybridized carbons (Fsp3) is 0.833. The van der Waals surface area contributed by atoms with E-state index in [1.807, 2.05) is 0 Å². The minimum Gasteiger partial charge on any atom is -0.465 e. The Morgan fingerprint density at radius 1 is 1.67 bits per heavy atom. The molecule has 0 aliphatic rings. The molecule has 0 unspecified atom stereocenters. The van der Waals surface area contributed by atoms with Gasteiger partial charge in [0.2, 0.25) is 0 Å². The minimum atomic E-state index is -0.135. The van der Waals surface area contributed by atoms with Gasteiger partial charge in [-0.05, 0) is 0 Å². The molecule has 0 amide bonds. The van der Waals surface area contributed by atoms with Crippen LogP contribution in [0.3, 0.4) is 0 Å². The third-order valence-corrected chi connectivity index (χ3v) is 0.953. The molecule has 0 fully saturated rings. The van der Waals surface area contributed by atoms with Gasteiger partial charge in [0.15, 0.2) is 0 Å². The molecule has 0 rings (SSSR count). The lowest BCUT2D eigenvalue weighted by Crippen LogP contribution is -2.03. The van der Waals surface area contributed by atoms with Crippen LogP contribution in [0.5, 0.6) is 0 Å². The largest absolute Gasteiger partial charge is 0.465 e. The number of rotatable bonds is 3. The predicted molar refractivity (Wildman–Crippen MR) is 41.8 cm³/mol. The Labute approximate surface area is 64.7 Å². The van der Waals surface area contributed by atoms with E-state index in [2.05, 4.69) is 20.7 Å². The standard InChI is InChI=1S/C5H9BrO2.CH4/c1-2-5(7)8-4-3-6;/h2-4H2,1H3;1H4. The highest BCUT2D eigenvalue weighted by molar-refractivity contribution is 9.09. The van der Waals surface area contributed by atoms with Crippen molar-refractivity contribution in [1.29, 1.82) is 0 Å². The molecule has 9 heavy (non-hydrogen) atoms. The van der Waals surface area contributed by atoms with Crippen molar-refractivity contribution in [2.24, 2.45) is 0 Å². The van der Waals surface area contributed by atoms with Crippen LogP contribution in [-0.4, -0.2) is 17.9 Å². The van der Waals surface area contributed by atoms with Crippen LogP contribution < -0.4 is 0 Å². The second-order valence-electron chi connectivity index (χ2n) is 1.26. The van der Waals surface area contributed by atoms with Gasteiger partial charge in [0, 0.05) is 11.8 Å². The zero-order valence-corrected chi connectivity index (χ0v) is 6.40. The van der Waals surface area contributed by atoms with Gasteiger partial charge in [-0.1, -0.05) is 30.3 Å². The fourth-order valence-electron chi connectivity index (χ4n) is 0.254. The summed E-state index contributed by atoms with van der Waals surface area (Å²) in [5.41, 5.74) is 0. The Bertz CT molecular complexity index is 73.5. The first-order valence-electron chi connectivity index (χ1n) is 2.52. The van der Waals surface area contributed by atoms with Gasteiger partial charge < -0.3 is 4.74 Å². The Kier molecular flexibility index (Phi) is 10.3. The van der Waals surface area contributed by atoms with Gasteiger partial charge in [0.05, 0.1) is 0 Å². The van der Waals surface area contributed by atoms with Gasteiger partial charge in [-0.25, -0.2) is 0 Å². The van der Waals surface area contributed by atoms with Gasteiger partial charge in [-0.3, -0.25) is 4.79 Å². The predicted octanol–water partition coefficient (Wildman–Crippen LogP) is 1.97. The number of hydrogen-bond donors (Lipinski definition) is 0. The molecule has 0 aromatic rings. The number of hydrogen-bond acceptors (Lipinski definition) is 2. The average Bonchev–Trinajstić information content (AvgIpc) is 1.83. The number of alkyl halides is 1. The summed E-state index contributed by atoms with van der Waals surface area (Å²) in [5, 5.41) is 0.721. The van der Waals surface area contributed by atoms with E-state index in [1.165, 1.54) is 0 Å². The number of carbonyl (C=O) groups is 1. The average molecular weight is 197 g/mol. The van der Waals surface area contributed by atoms with Crippen molar-refractivity contribution in [2.75, 3.05) is 11.9 Å². The van der Waals surface area contributed by atoms with Gasteiger partial charge >= 0.3 is 5.97 Å². The molecule has 0 saturated carbocycles. The molecular weight excluding hydrogens is 184 g/mol. The van der Waals surface area contributed by atoms with Crippen LogP contribution in [0, 0.1) is 0 Å². The molecule has 0 aliphatic heterocycles. The van der Waals surface area contributed by atoms with E-state index in [1.54, 1.807) is 6.92 Å². The molecule has 0 heterocycles. The van der Waals surface area contributed by atoms with Crippen LogP contribution in [0.15, 0.2) is 0 Å². The molecule has 0 spiro atoms. The molecule has 0 radical (unpaired) electrons. The van der Waals surface area contributed by atoms with Gasteiger partial charge in [0.1, 0.15) is 6.61 Å². The molecule has 0 aromatic heterocycles. The Balaban J connectivity index is 0. The van der Waals surface area contributed by atoms with Crippen LogP contribution in [0.1, 0.15) is 20.8 Å². The van der Waals surface area contributed by atoms with Crippen LogP contribution >= 0.6 is 15.9 Å². The summed E-state index contributed by atoms with van der Waals surface area (Å²) in [6.45, 7) is 2.25. The highest BCUT2D eigenvalue weighted by Gasteiger charge is 1.93. The van der Waals surface area contributed by atoms with E-state index in [-0.39, 0.29) is 13.4 Å². The molecule has 0 atom stereocenters. The number of carbonyl (C=O) groups excluding carboxylic acids is 1. The molecule has 0 aromatic carbocycles. The molecule has 0 saturated heterocycles. The van der Waals surface area contributed by atoms with Crippen LogP contribution in [0.4, 0.5) is 0 Å². The monoisotopic (exact) mass is 196 g/mol. The van der Waals surface area contributed by atoms with E-state index in [0.717, 1.165) is 5.33 Å². The molecule has 0 aliphatic carbocycles. The van der Waals surface area contributed by atoms with Crippen molar-refractivity contribution in [3.05, 3.63) is 0 Å². The van der Waals surface area contributed by atoms with Crippen LogP contribution in [0.25, 0.3) is 0 Å². The van der Waals surface area contributed by atoms with Crippen molar-refractivity contribution in [3.8, 4) is 0 Å². The smallest absolute Gasteiger partial charge is 0.305 e. The summed E-state index contributed by atoms with van der Waals surface area (Å²) in [6.07, 6.45) is 0.465. The second kappa shape index (κ2) is 7.95. The first-order valence-corrected chi connectivity index (χ1v) is 3.65. The van der Waals surface area contributed by atoms with Gasteiger partial charge in [-0.15, -0.1) is 0 Å². The maximum absolute atomic E-state index is 10.3. The number of esters is 1. The first kappa shape index (κ1) is 11.7. The van der Waals surface area contributed by atoms with Crippen molar-refractivity contribution < 1.29 is 9.53 Å². The topological polar surface area (TPSA) is 26.3 Å². The zero-order valence-electron chi connectivity index (χ0n) is 4.82. The Morgan fingerprint density at radius 3 is 2.56 bits per heavy atom. The summed E-state index contributed by atoms with van der Waals surface area (Å²) in [5.74, 6) is -0.135. The van der Waals surface area contributed by atoms with E-state index in [4.69, 9.17) is 0 Å². The van der Waals surface area contributed by atoms with Gasteiger partial charge in [0.25, 0.3) is 0 Å². The maximum Gasteiger partial charge on any atom is 0.305 e. The summed E-state index contributed by atoms with van der Waals surface area (Å²) >= 11 is 3.13. The van der Waals surface area contributed by atoms with Crippen LogP contribution in [0.2, 0.25) is 0 Å². The third-order valence-electron chi connectivity index (χ3n) is 0.629. The molecule has 2 nitrogen and oxygen atoms in total. The fourth-order valence-corrected chi connectivity index (χ4v) is 0.416. The van der Waals surface area contributed by atoms with E-state index in [0.29, 0.717) is 13.0 Å². The van der Waals surface area contributed by atoms with Gasteiger partial charge in [-0.2, -0.15) is 0 Å².